The summed E-state index contributed by atoms with van der Waals surface area (Å²) >= 11 is 0. The molecule has 13 heavy (non-hydrogen) atoms. The Morgan fingerprint density at radius 3 is 2.00 bits per heavy atom. The first-order chi connectivity index (χ1) is 5.54. The summed E-state index contributed by atoms with van der Waals surface area (Å²) in [6.45, 7) is -0.705. The molecule has 0 aliphatic heterocycles. The lowest BCUT2D eigenvalue weighted by Gasteiger charge is -2.23. The number of halogens is 1. The van der Waals surface area contributed by atoms with Crippen molar-refractivity contribution in [2.45, 2.75) is 24.4 Å². The number of aldehydes is 1. The molecule has 0 fully saturated rings. The monoisotopic (exact) mass is 215 g/mol. The number of carbonyl (C=O) groups is 1. The van der Waals surface area contributed by atoms with Crippen LogP contribution < -0.4 is 5.73 Å². The Balaban J connectivity index is 0. The SMILES string of the molecule is Cl.NC(C=O)[C@H](O)C(O)[C@H](O)CO. The summed E-state index contributed by atoms with van der Waals surface area (Å²) in [7, 11) is 0. The number of aliphatic hydroxyl groups is 4. The first-order valence-corrected chi connectivity index (χ1v) is 3.40. The summed E-state index contributed by atoms with van der Waals surface area (Å²) in [6.07, 6.45) is -4.43. The van der Waals surface area contributed by atoms with E-state index in [1.807, 2.05) is 0 Å². The first-order valence-electron chi connectivity index (χ1n) is 3.40. The van der Waals surface area contributed by atoms with Crippen molar-refractivity contribution >= 4 is 18.7 Å². The number of carbonyl (C=O) groups excluding carboxylic acids is 1. The molecule has 2 unspecified atom stereocenters. The predicted molar refractivity (Wildman–Crippen MR) is 46.4 cm³/mol. The van der Waals surface area contributed by atoms with Crippen molar-refractivity contribution in [1.82, 2.24) is 0 Å². The molecule has 0 aromatic rings. The molecule has 6 N–H and O–H groups in total. The normalized spacial score (nSPS) is 19.5. The van der Waals surface area contributed by atoms with Gasteiger partial charge in [-0.05, 0) is 0 Å². The summed E-state index contributed by atoms with van der Waals surface area (Å²) in [5.74, 6) is 0. The van der Waals surface area contributed by atoms with Crippen molar-refractivity contribution in [3.63, 3.8) is 0 Å². The van der Waals surface area contributed by atoms with Crippen molar-refractivity contribution in [1.29, 1.82) is 0 Å². The minimum absolute atomic E-state index is 0. The number of hydrogen-bond donors (Lipinski definition) is 5. The molecule has 0 rings (SSSR count). The molecule has 0 radical (unpaired) electrons. The Kier molecular flexibility index (Phi) is 8.43. The average molecular weight is 216 g/mol. The van der Waals surface area contributed by atoms with Crippen molar-refractivity contribution in [2.75, 3.05) is 6.61 Å². The van der Waals surface area contributed by atoms with Crippen LogP contribution in [0, 0.1) is 0 Å². The molecule has 0 aromatic carbocycles. The van der Waals surface area contributed by atoms with Crippen LogP contribution in [0.4, 0.5) is 0 Å². The van der Waals surface area contributed by atoms with Gasteiger partial charge in [0.2, 0.25) is 0 Å². The molecule has 4 atom stereocenters. The van der Waals surface area contributed by atoms with Gasteiger partial charge in [0.05, 0.1) is 12.6 Å². The third-order valence-corrected chi connectivity index (χ3v) is 1.48. The highest BCUT2D eigenvalue weighted by atomic mass is 35.5. The zero-order valence-corrected chi connectivity index (χ0v) is 7.59. The van der Waals surface area contributed by atoms with Gasteiger partial charge in [0.1, 0.15) is 24.6 Å². The Hall–Kier alpha value is -0.240. The second kappa shape index (κ2) is 7.19. The molecule has 6 nitrogen and oxygen atoms in total. The van der Waals surface area contributed by atoms with Crippen LogP contribution in [0.5, 0.6) is 0 Å². The topological polar surface area (TPSA) is 124 Å². The van der Waals surface area contributed by atoms with Crippen molar-refractivity contribution in [3.05, 3.63) is 0 Å². The maximum Gasteiger partial charge on any atom is 0.139 e. The van der Waals surface area contributed by atoms with Crippen molar-refractivity contribution in [3.8, 4) is 0 Å². The fraction of sp³-hybridized carbons (Fsp3) is 0.833. The molecule has 7 heteroatoms. The van der Waals surface area contributed by atoms with E-state index in [-0.39, 0.29) is 18.7 Å². The Labute approximate surface area is 81.4 Å². The van der Waals surface area contributed by atoms with E-state index in [4.69, 9.17) is 26.2 Å². The van der Waals surface area contributed by atoms with Crippen LogP contribution in [0.2, 0.25) is 0 Å². The van der Waals surface area contributed by atoms with Crippen LogP contribution in [-0.4, -0.2) is 57.7 Å². The lowest BCUT2D eigenvalue weighted by molar-refractivity contribution is -0.118. The van der Waals surface area contributed by atoms with E-state index < -0.39 is 31.0 Å². The fourth-order valence-electron chi connectivity index (χ4n) is 0.644. The van der Waals surface area contributed by atoms with Crippen molar-refractivity contribution < 1.29 is 25.2 Å². The highest BCUT2D eigenvalue weighted by Crippen LogP contribution is 2.01. The van der Waals surface area contributed by atoms with Gasteiger partial charge in [0.25, 0.3) is 0 Å². The third kappa shape index (κ3) is 4.51. The summed E-state index contributed by atoms with van der Waals surface area (Å²) in [6, 6.07) is -1.26. The van der Waals surface area contributed by atoms with Gasteiger partial charge in [-0.2, -0.15) is 0 Å². The maximum absolute atomic E-state index is 10.0. The summed E-state index contributed by atoms with van der Waals surface area (Å²) in [4.78, 5) is 10.0. The molecule has 0 spiro atoms. The molecule has 0 aromatic heterocycles. The molecule has 0 amide bonds. The number of aliphatic hydroxyl groups excluding tert-OH is 4. The van der Waals surface area contributed by atoms with Gasteiger partial charge in [-0.3, -0.25) is 0 Å². The third-order valence-electron chi connectivity index (χ3n) is 1.48. The zero-order valence-electron chi connectivity index (χ0n) is 6.78. The summed E-state index contributed by atoms with van der Waals surface area (Å²) < 4.78 is 0. The molecule has 0 heterocycles. The molecule has 0 bridgehead atoms. The minimum atomic E-state index is -1.62. The highest BCUT2D eigenvalue weighted by molar-refractivity contribution is 5.85. The van der Waals surface area contributed by atoms with E-state index in [1.165, 1.54) is 0 Å². The van der Waals surface area contributed by atoms with E-state index in [9.17, 15) is 4.79 Å². The first kappa shape index (κ1) is 15.2. The molecular weight excluding hydrogens is 202 g/mol. The average Bonchev–Trinajstić information content (AvgIpc) is 2.12. The van der Waals surface area contributed by atoms with Crippen LogP contribution >= 0.6 is 12.4 Å². The molecular formula is C6H14ClNO5. The number of rotatable bonds is 5. The van der Waals surface area contributed by atoms with Crippen molar-refractivity contribution in [2.24, 2.45) is 5.73 Å². The molecule has 0 saturated carbocycles. The molecule has 0 saturated heterocycles. The minimum Gasteiger partial charge on any atom is -0.394 e. The smallest absolute Gasteiger partial charge is 0.139 e. The van der Waals surface area contributed by atoms with E-state index in [0.717, 1.165) is 0 Å². The van der Waals surface area contributed by atoms with E-state index in [1.54, 1.807) is 0 Å². The highest BCUT2D eigenvalue weighted by Gasteiger charge is 2.28. The fourth-order valence-corrected chi connectivity index (χ4v) is 0.644. The second-order valence-electron chi connectivity index (χ2n) is 2.44. The lowest BCUT2D eigenvalue weighted by atomic mass is 10.0. The Bertz CT molecular complexity index is 147. The predicted octanol–water partition coefficient (Wildman–Crippen LogP) is -2.99. The maximum atomic E-state index is 10.0. The van der Waals surface area contributed by atoms with E-state index in [0.29, 0.717) is 0 Å². The largest absolute Gasteiger partial charge is 0.394 e. The van der Waals surface area contributed by atoms with Gasteiger partial charge in [0, 0.05) is 0 Å². The van der Waals surface area contributed by atoms with Gasteiger partial charge >= 0.3 is 0 Å². The second-order valence-corrected chi connectivity index (χ2v) is 2.44. The van der Waals surface area contributed by atoms with Gasteiger partial charge in [-0.1, -0.05) is 0 Å². The molecule has 0 aliphatic rings. The van der Waals surface area contributed by atoms with Crippen LogP contribution in [-0.2, 0) is 4.79 Å². The Morgan fingerprint density at radius 1 is 1.23 bits per heavy atom. The quantitative estimate of drug-likeness (QED) is 0.312. The standard InChI is InChI=1S/C6H13NO5.ClH/c7-3(1-8)5(11)6(12)4(10)2-9;/h1,3-6,9-12H,2,7H2;1H/t3?,4-,5+,6?;/m1./s1. The molecule has 80 valence electrons. The van der Waals surface area contributed by atoms with Gasteiger partial charge in [-0.25, -0.2) is 0 Å². The van der Waals surface area contributed by atoms with Crippen LogP contribution in [0.1, 0.15) is 0 Å². The number of nitrogens with two attached hydrogens (primary N) is 1. The summed E-state index contributed by atoms with van der Waals surface area (Å²) in [5.41, 5.74) is 5.04. The van der Waals surface area contributed by atoms with Crippen LogP contribution in [0.25, 0.3) is 0 Å². The zero-order chi connectivity index (χ0) is 9.72. The summed E-state index contributed by atoms with van der Waals surface area (Å²) in [5, 5.41) is 35.2. The lowest BCUT2D eigenvalue weighted by Crippen LogP contribution is -2.49. The van der Waals surface area contributed by atoms with Gasteiger partial charge < -0.3 is 31.0 Å². The van der Waals surface area contributed by atoms with E-state index in [2.05, 4.69) is 0 Å². The Morgan fingerprint density at radius 2 is 1.69 bits per heavy atom. The van der Waals surface area contributed by atoms with Crippen LogP contribution in [0.15, 0.2) is 0 Å². The number of hydrogen-bond acceptors (Lipinski definition) is 6. The van der Waals surface area contributed by atoms with Crippen LogP contribution in [0.3, 0.4) is 0 Å². The van der Waals surface area contributed by atoms with E-state index >= 15 is 0 Å². The molecule has 0 aliphatic carbocycles. The van der Waals surface area contributed by atoms with Gasteiger partial charge in [-0.15, -0.1) is 12.4 Å². The van der Waals surface area contributed by atoms with Gasteiger partial charge in [0.15, 0.2) is 0 Å².